The Labute approximate surface area is 156 Å². The Balaban J connectivity index is 2.56. The molecule has 2 amide bonds. The zero-order valence-corrected chi connectivity index (χ0v) is 15.9. The van der Waals surface area contributed by atoms with Gasteiger partial charge in [-0.2, -0.15) is 8.42 Å². The molecule has 0 bridgehead atoms. The smallest absolute Gasteiger partial charge is 0.303 e. The first-order valence-corrected chi connectivity index (χ1v) is 9.48. The van der Waals surface area contributed by atoms with Crippen LogP contribution in [0.4, 0.5) is 5.69 Å². The number of likely N-dealkylation sites (N-methyl/N-ethyl adjacent to an activating group) is 1. The quantitative estimate of drug-likeness (QED) is 0.255. The second kappa shape index (κ2) is 8.05. The maximum Gasteiger partial charge on any atom is 0.327 e. The van der Waals surface area contributed by atoms with Crippen LogP contribution in [0.5, 0.6) is 0 Å². The summed E-state index contributed by atoms with van der Waals surface area (Å²) in [6.45, 7) is 4.93. The minimum Gasteiger partial charge on any atom is -0.303 e. The van der Waals surface area contributed by atoms with Crippen LogP contribution in [0, 0.1) is 12.8 Å². The van der Waals surface area contributed by atoms with Crippen LogP contribution >= 0.6 is 0 Å². The van der Waals surface area contributed by atoms with E-state index in [1.807, 2.05) is 0 Å². The molecule has 11 heteroatoms. The van der Waals surface area contributed by atoms with Crippen LogP contribution in [-0.4, -0.2) is 42.8 Å². The lowest BCUT2D eigenvalue weighted by atomic mass is 9.93. The Morgan fingerprint density at radius 1 is 1.33 bits per heavy atom. The first-order chi connectivity index (χ1) is 12.6. The van der Waals surface area contributed by atoms with Crippen LogP contribution in [0.15, 0.2) is 39.5 Å². The van der Waals surface area contributed by atoms with E-state index in [1.54, 1.807) is 20.8 Å². The number of imide groups is 1. The van der Waals surface area contributed by atoms with Crippen LogP contribution < -0.4 is 11.0 Å². The molecular weight excluding hydrogens is 376 g/mol. The number of aryl methyl sites for hydroxylation is 1. The summed E-state index contributed by atoms with van der Waals surface area (Å²) in [6.07, 6.45) is 0. The molecule has 1 atom stereocenters. The number of hydrogen-bond donors (Lipinski definition) is 3. The van der Waals surface area contributed by atoms with E-state index in [4.69, 9.17) is 5.90 Å². The molecule has 0 fully saturated rings. The van der Waals surface area contributed by atoms with Gasteiger partial charge >= 0.3 is 5.91 Å². The minimum atomic E-state index is -4.51. The van der Waals surface area contributed by atoms with E-state index in [0.29, 0.717) is 11.1 Å². The van der Waals surface area contributed by atoms with E-state index < -0.39 is 32.7 Å². The third-order valence-electron chi connectivity index (χ3n) is 4.20. The molecule has 146 valence electrons. The molecule has 1 unspecified atom stereocenters. The zero-order chi connectivity index (χ0) is 20.4. The Morgan fingerprint density at radius 3 is 2.56 bits per heavy atom. The first-order valence-electron chi connectivity index (χ1n) is 8.04. The van der Waals surface area contributed by atoms with Crippen molar-refractivity contribution in [2.75, 3.05) is 13.2 Å². The maximum atomic E-state index is 12.6. The Morgan fingerprint density at radius 2 is 2.00 bits per heavy atom. The molecule has 0 radical (unpaired) electrons. The van der Waals surface area contributed by atoms with Crippen molar-refractivity contribution in [3.63, 3.8) is 0 Å². The number of hydrogen-bond acceptors (Lipinski definition) is 7. The van der Waals surface area contributed by atoms with Crippen LogP contribution in [0.3, 0.4) is 0 Å². The van der Waals surface area contributed by atoms with Crippen molar-refractivity contribution in [2.45, 2.75) is 25.7 Å². The zero-order valence-electron chi connectivity index (χ0n) is 15.1. The number of nitrogens with zero attached hydrogens (tertiary/aromatic N) is 2. The number of azo groups is 1. The average Bonchev–Trinajstić information content (AvgIpc) is 2.58. The third-order valence-corrected chi connectivity index (χ3v) is 5.10. The SMILES string of the molecule is CCN1C(=O)C([NH+]=Nc2cc(C)ccc2S(=O)(=O)O)=C(C)C(CON)C1=O. The summed E-state index contributed by atoms with van der Waals surface area (Å²) < 4.78 is 32.4. The van der Waals surface area contributed by atoms with E-state index in [2.05, 4.69) is 15.1 Å². The Kier molecular flexibility index (Phi) is 6.21. The van der Waals surface area contributed by atoms with Gasteiger partial charge in [-0.15, -0.1) is 0 Å². The molecule has 1 aromatic carbocycles. The molecule has 1 aliphatic heterocycles. The molecular formula is C16H21N4O6S+. The first kappa shape index (κ1) is 20.8. The van der Waals surface area contributed by atoms with Gasteiger partial charge in [0, 0.05) is 12.1 Å². The number of rotatable bonds is 6. The van der Waals surface area contributed by atoms with Crippen molar-refractivity contribution in [3.8, 4) is 0 Å². The molecule has 4 N–H and O–H groups in total. The van der Waals surface area contributed by atoms with Crippen LogP contribution in [0.1, 0.15) is 19.4 Å². The van der Waals surface area contributed by atoms with Gasteiger partial charge in [-0.3, -0.25) is 19.0 Å². The fraction of sp³-hybridized carbons (Fsp3) is 0.375. The van der Waals surface area contributed by atoms with Gasteiger partial charge in [0.15, 0.2) is 5.69 Å². The summed E-state index contributed by atoms with van der Waals surface area (Å²) in [5.74, 6) is 3.27. The number of nitrogens with two attached hydrogens (primary N) is 1. The molecule has 1 aromatic rings. The van der Waals surface area contributed by atoms with Crippen molar-refractivity contribution in [1.82, 2.24) is 4.90 Å². The molecule has 0 aliphatic carbocycles. The maximum absolute atomic E-state index is 12.6. The van der Waals surface area contributed by atoms with Gasteiger partial charge in [0.25, 0.3) is 15.8 Å². The van der Waals surface area contributed by atoms with E-state index in [-0.39, 0.29) is 24.5 Å². The topological polar surface area (TPSA) is 153 Å². The highest BCUT2D eigenvalue weighted by molar-refractivity contribution is 7.86. The lowest BCUT2D eigenvalue weighted by molar-refractivity contribution is -0.469. The summed E-state index contributed by atoms with van der Waals surface area (Å²) in [5, 5.41) is 6.51. The lowest BCUT2D eigenvalue weighted by Gasteiger charge is -2.27. The van der Waals surface area contributed by atoms with Crippen molar-refractivity contribution in [1.29, 1.82) is 0 Å². The van der Waals surface area contributed by atoms with Gasteiger partial charge < -0.3 is 4.84 Å². The molecule has 10 nitrogen and oxygen atoms in total. The summed E-state index contributed by atoms with van der Waals surface area (Å²) in [4.78, 5) is 30.2. The normalized spacial score (nSPS) is 18.7. The lowest BCUT2D eigenvalue weighted by Crippen LogP contribution is -2.70. The fourth-order valence-electron chi connectivity index (χ4n) is 2.73. The number of amides is 2. The highest BCUT2D eigenvalue weighted by Gasteiger charge is 2.42. The van der Waals surface area contributed by atoms with Gasteiger partial charge in [-0.1, -0.05) is 11.2 Å². The van der Waals surface area contributed by atoms with Crippen molar-refractivity contribution >= 4 is 27.6 Å². The number of carbonyl (C=O) groups excluding carboxylic acids is 2. The summed E-state index contributed by atoms with van der Waals surface area (Å²) in [5.41, 5.74) is 1.01. The largest absolute Gasteiger partial charge is 0.327 e. The number of carbonyl (C=O) groups is 2. The molecule has 2 rings (SSSR count). The van der Waals surface area contributed by atoms with E-state index >= 15 is 0 Å². The van der Waals surface area contributed by atoms with Crippen molar-refractivity contribution < 1.29 is 32.5 Å². The second-order valence-corrected chi connectivity index (χ2v) is 7.39. The molecule has 0 saturated carbocycles. The van der Waals surface area contributed by atoms with Gasteiger partial charge in [0.2, 0.25) is 5.91 Å². The summed E-state index contributed by atoms with van der Waals surface area (Å²) >= 11 is 0. The standard InChI is InChI=1S/C16H20N4O6S/c1-4-20-15(21)11(8-26-17)10(3)14(16(20)22)19-18-12-7-9(2)5-6-13(12)27(23,24)25/h5-7,11H,4,8,17H2,1-3H3,(H,23,24,25)/p+1. The van der Waals surface area contributed by atoms with Gasteiger partial charge in [0.1, 0.15) is 4.90 Å². The van der Waals surface area contributed by atoms with Crippen molar-refractivity contribution in [2.24, 2.45) is 16.9 Å². The molecule has 0 aromatic heterocycles. The second-order valence-electron chi connectivity index (χ2n) is 6.00. The average molecular weight is 397 g/mol. The Hall–Kier alpha value is -2.47. The van der Waals surface area contributed by atoms with E-state index in [0.717, 1.165) is 4.90 Å². The summed E-state index contributed by atoms with van der Waals surface area (Å²) in [6, 6.07) is 4.15. The van der Waals surface area contributed by atoms with Gasteiger partial charge in [0.05, 0.1) is 12.5 Å². The third kappa shape index (κ3) is 4.27. The highest BCUT2D eigenvalue weighted by atomic mass is 32.2. The number of benzene rings is 1. The summed E-state index contributed by atoms with van der Waals surface area (Å²) in [7, 11) is -4.51. The molecule has 1 heterocycles. The Bertz CT molecular complexity index is 938. The predicted octanol–water partition coefficient (Wildman–Crippen LogP) is -0.425. The molecule has 0 saturated heterocycles. The van der Waals surface area contributed by atoms with Crippen LogP contribution in [0.2, 0.25) is 0 Å². The van der Waals surface area contributed by atoms with Gasteiger partial charge in [-0.25, -0.2) is 5.90 Å². The predicted molar refractivity (Wildman–Crippen MR) is 92.8 cm³/mol. The fourth-order valence-corrected chi connectivity index (χ4v) is 3.34. The minimum absolute atomic E-state index is 0.0151. The molecule has 0 spiro atoms. The van der Waals surface area contributed by atoms with Gasteiger partial charge in [-0.05, 0) is 43.6 Å². The van der Waals surface area contributed by atoms with E-state index in [1.165, 1.54) is 18.2 Å². The highest BCUT2D eigenvalue weighted by Crippen LogP contribution is 2.25. The molecule has 1 aliphatic rings. The monoisotopic (exact) mass is 397 g/mol. The van der Waals surface area contributed by atoms with Crippen LogP contribution in [0.25, 0.3) is 0 Å². The van der Waals surface area contributed by atoms with E-state index in [9.17, 15) is 22.6 Å². The van der Waals surface area contributed by atoms with Crippen molar-refractivity contribution in [3.05, 3.63) is 35.0 Å². The number of nitrogens with one attached hydrogen (secondary N) is 1. The van der Waals surface area contributed by atoms with Crippen LogP contribution in [-0.2, 0) is 24.5 Å². The molecule has 27 heavy (non-hydrogen) atoms.